The minimum absolute atomic E-state index is 0.00422. The van der Waals surface area contributed by atoms with Gasteiger partial charge in [-0.25, -0.2) is 9.18 Å². The predicted molar refractivity (Wildman–Crippen MR) is 70.9 cm³/mol. The molecule has 0 saturated heterocycles. The fourth-order valence-electron chi connectivity index (χ4n) is 2.89. The van der Waals surface area contributed by atoms with E-state index in [0.29, 0.717) is 0 Å². The van der Waals surface area contributed by atoms with Crippen LogP contribution in [0.1, 0.15) is 38.1 Å². The zero-order chi connectivity index (χ0) is 13.4. The van der Waals surface area contributed by atoms with Crippen LogP contribution in [-0.2, 0) is 0 Å². The lowest BCUT2D eigenvalue weighted by Gasteiger charge is -2.23. The molecule has 1 N–H and O–H groups in total. The number of fused-ring (bicyclic) bond motifs is 1. The number of aromatic nitrogens is 2. The van der Waals surface area contributed by atoms with Crippen LogP contribution in [0.3, 0.4) is 0 Å². The first-order valence-electron chi connectivity index (χ1n) is 6.61. The third kappa shape index (κ3) is 1.99. The van der Waals surface area contributed by atoms with Crippen LogP contribution in [0.2, 0.25) is 0 Å². The van der Waals surface area contributed by atoms with Gasteiger partial charge in [0.2, 0.25) is 0 Å². The Bertz CT molecular complexity index is 726. The molecule has 1 heterocycles. The molecule has 2 aromatic rings. The monoisotopic (exact) mass is 262 g/mol. The minimum Gasteiger partial charge on any atom is -0.304 e. The fourth-order valence-corrected chi connectivity index (χ4v) is 2.89. The standard InChI is InChI=1S/C14H15FN2O2/c15-11-8-4-7-10-12(11)16-14(19)17(13(10)18)9-5-2-1-3-6-9/h4,7-9H,1-3,5-6H2,(H,16,19). The number of nitrogens with zero attached hydrogens (tertiary/aromatic N) is 1. The molecular formula is C14H15FN2O2. The zero-order valence-corrected chi connectivity index (χ0v) is 10.5. The molecule has 0 radical (unpaired) electrons. The number of halogens is 1. The molecule has 1 aliphatic rings. The average molecular weight is 262 g/mol. The first-order valence-corrected chi connectivity index (χ1v) is 6.61. The van der Waals surface area contributed by atoms with Crippen LogP contribution < -0.4 is 11.2 Å². The van der Waals surface area contributed by atoms with E-state index in [0.717, 1.165) is 32.1 Å². The highest BCUT2D eigenvalue weighted by Crippen LogP contribution is 2.26. The molecular weight excluding hydrogens is 247 g/mol. The number of rotatable bonds is 1. The molecule has 1 aromatic carbocycles. The molecule has 1 aliphatic carbocycles. The molecule has 100 valence electrons. The van der Waals surface area contributed by atoms with E-state index in [1.54, 1.807) is 6.07 Å². The second-order valence-electron chi connectivity index (χ2n) is 5.06. The molecule has 1 aromatic heterocycles. The lowest BCUT2D eigenvalue weighted by Crippen LogP contribution is -2.38. The van der Waals surface area contributed by atoms with E-state index in [1.807, 2.05) is 0 Å². The van der Waals surface area contributed by atoms with E-state index in [2.05, 4.69) is 4.98 Å². The largest absolute Gasteiger partial charge is 0.329 e. The molecule has 0 aliphatic heterocycles. The third-order valence-corrected chi connectivity index (χ3v) is 3.85. The Morgan fingerprint density at radius 1 is 1.16 bits per heavy atom. The highest BCUT2D eigenvalue weighted by atomic mass is 19.1. The summed E-state index contributed by atoms with van der Waals surface area (Å²) in [4.78, 5) is 26.9. The molecule has 0 amide bonds. The van der Waals surface area contributed by atoms with Crippen molar-refractivity contribution in [3.05, 3.63) is 44.9 Å². The SMILES string of the molecule is O=c1[nH]c2c(F)cccc2c(=O)n1C1CCCCC1. The van der Waals surface area contributed by atoms with E-state index >= 15 is 0 Å². The van der Waals surface area contributed by atoms with E-state index in [4.69, 9.17) is 0 Å². The Morgan fingerprint density at radius 3 is 2.63 bits per heavy atom. The summed E-state index contributed by atoms with van der Waals surface area (Å²) in [7, 11) is 0. The topological polar surface area (TPSA) is 54.9 Å². The number of hydrogen-bond donors (Lipinski definition) is 1. The Balaban J connectivity index is 2.26. The molecule has 19 heavy (non-hydrogen) atoms. The van der Waals surface area contributed by atoms with Gasteiger partial charge in [0, 0.05) is 6.04 Å². The maximum Gasteiger partial charge on any atom is 0.329 e. The van der Waals surface area contributed by atoms with Crippen molar-refractivity contribution in [2.75, 3.05) is 0 Å². The summed E-state index contributed by atoms with van der Waals surface area (Å²) in [6.45, 7) is 0. The van der Waals surface area contributed by atoms with Crippen molar-refractivity contribution >= 4 is 10.9 Å². The van der Waals surface area contributed by atoms with Crippen molar-refractivity contribution in [3.63, 3.8) is 0 Å². The summed E-state index contributed by atoms with van der Waals surface area (Å²) >= 11 is 0. The first-order chi connectivity index (χ1) is 9.18. The van der Waals surface area contributed by atoms with Crippen LogP contribution in [0.5, 0.6) is 0 Å². The van der Waals surface area contributed by atoms with Crippen LogP contribution in [0.25, 0.3) is 10.9 Å². The van der Waals surface area contributed by atoms with Crippen LogP contribution in [0.15, 0.2) is 27.8 Å². The minimum atomic E-state index is -0.567. The fraction of sp³-hybridized carbons (Fsp3) is 0.429. The molecule has 0 unspecified atom stereocenters. The van der Waals surface area contributed by atoms with Crippen molar-refractivity contribution in [2.24, 2.45) is 0 Å². The van der Waals surface area contributed by atoms with E-state index < -0.39 is 11.5 Å². The van der Waals surface area contributed by atoms with Gasteiger partial charge in [-0.2, -0.15) is 0 Å². The normalized spacial score (nSPS) is 16.9. The van der Waals surface area contributed by atoms with Crippen LogP contribution in [0, 0.1) is 5.82 Å². The van der Waals surface area contributed by atoms with Crippen molar-refractivity contribution in [1.82, 2.24) is 9.55 Å². The molecule has 0 spiro atoms. The van der Waals surface area contributed by atoms with Gasteiger partial charge in [0.1, 0.15) is 5.82 Å². The maximum atomic E-state index is 13.6. The Hall–Kier alpha value is -1.91. The highest BCUT2D eigenvalue weighted by molar-refractivity contribution is 5.77. The Labute approximate surface area is 108 Å². The smallest absolute Gasteiger partial charge is 0.304 e. The Morgan fingerprint density at radius 2 is 1.89 bits per heavy atom. The number of nitrogens with one attached hydrogen (secondary N) is 1. The molecule has 0 bridgehead atoms. The third-order valence-electron chi connectivity index (χ3n) is 3.85. The van der Waals surface area contributed by atoms with Gasteiger partial charge in [0.15, 0.2) is 0 Å². The number of benzene rings is 1. The van der Waals surface area contributed by atoms with Crippen molar-refractivity contribution < 1.29 is 4.39 Å². The lowest BCUT2D eigenvalue weighted by molar-refractivity contribution is 0.338. The van der Waals surface area contributed by atoms with Gasteiger partial charge in [-0.3, -0.25) is 9.36 Å². The number of hydrogen-bond acceptors (Lipinski definition) is 2. The molecule has 3 rings (SSSR count). The van der Waals surface area contributed by atoms with Gasteiger partial charge < -0.3 is 4.98 Å². The van der Waals surface area contributed by atoms with Crippen molar-refractivity contribution in [1.29, 1.82) is 0 Å². The average Bonchev–Trinajstić information content (AvgIpc) is 2.41. The summed E-state index contributed by atoms with van der Waals surface area (Å²) in [5, 5.41) is 0.241. The van der Waals surface area contributed by atoms with Crippen molar-refractivity contribution in [3.8, 4) is 0 Å². The summed E-state index contributed by atoms with van der Waals surface area (Å²) in [6.07, 6.45) is 4.87. The maximum absolute atomic E-state index is 13.6. The highest BCUT2D eigenvalue weighted by Gasteiger charge is 2.20. The van der Waals surface area contributed by atoms with E-state index in [-0.39, 0.29) is 22.5 Å². The van der Waals surface area contributed by atoms with Gasteiger partial charge >= 0.3 is 5.69 Å². The number of para-hydroxylation sites is 1. The second-order valence-corrected chi connectivity index (χ2v) is 5.06. The quantitative estimate of drug-likeness (QED) is 0.857. The summed E-state index contributed by atoms with van der Waals surface area (Å²) in [5.41, 5.74) is -0.885. The van der Waals surface area contributed by atoms with Crippen LogP contribution in [0.4, 0.5) is 4.39 Å². The lowest BCUT2D eigenvalue weighted by atomic mass is 9.95. The first kappa shape index (κ1) is 12.1. The summed E-state index contributed by atoms with van der Waals surface area (Å²) in [6, 6.07) is 4.22. The Kier molecular flexibility index (Phi) is 2.97. The molecule has 0 atom stereocenters. The van der Waals surface area contributed by atoms with Crippen LogP contribution >= 0.6 is 0 Å². The van der Waals surface area contributed by atoms with Gasteiger partial charge in [0.05, 0.1) is 10.9 Å². The number of H-pyrrole nitrogens is 1. The predicted octanol–water partition coefficient (Wildman–Crippen LogP) is 2.33. The second kappa shape index (κ2) is 4.64. The molecule has 1 saturated carbocycles. The summed E-state index contributed by atoms with van der Waals surface area (Å²) < 4.78 is 14.9. The molecule has 5 heteroatoms. The van der Waals surface area contributed by atoms with Crippen LogP contribution in [-0.4, -0.2) is 9.55 Å². The summed E-state index contributed by atoms with van der Waals surface area (Å²) in [5.74, 6) is -0.567. The van der Waals surface area contributed by atoms with Gasteiger partial charge in [-0.15, -0.1) is 0 Å². The molecule has 4 nitrogen and oxygen atoms in total. The van der Waals surface area contributed by atoms with Gasteiger partial charge in [-0.05, 0) is 25.0 Å². The van der Waals surface area contributed by atoms with E-state index in [1.165, 1.54) is 16.7 Å². The molecule has 1 fully saturated rings. The zero-order valence-electron chi connectivity index (χ0n) is 10.5. The van der Waals surface area contributed by atoms with Crippen molar-refractivity contribution in [2.45, 2.75) is 38.1 Å². The number of aromatic amines is 1. The van der Waals surface area contributed by atoms with Gasteiger partial charge in [0.25, 0.3) is 5.56 Å². The van der Waals surface area contributed by atoms with E-state index in [9.17, 15) is 14.0 Å². The van der Waals surface area contributed by atoms with Gasteiger partial charge in [-0.1, -0.05) is 25.3 Å².